The molecule has 1 N–H and O–H groups in total. The van der Waals surface area contributed by atoms with Crippen molar-refractivity contribution in [2.45, 2.75) is 25.7 Å². The Labute approximate surface area is 175 Å². The number of benzene rings is 1. The number of thiazole rings is 1. The summed E-state index contributed by atoms with van der Waals surface area (Å²) in [6.07, 6.45) is 0. The maximum Gasteiger partial charge on any atom is 0.259 e. The van der Waals surface area contributed by atoms with E-state index in [1.165, 1.54) is 21.7 Å². The summed E-state index contributed by atoms with van der Waals surface area (Å²) in [5.74, 6) is -0.377. The summed E-state index contributed by atoms with van der Waals surface area (Å²) in [4.78, 5) is 19.5. The molecular formula is C19H26N4O4S2. The second-order valence-corrected chi connectivity index (χ2v) is 9.41. The van der Waals surface area contributed by atoms with Crippen molar-refractivity contribution in [2.75, 3.05) is 49.6 Å². The van der Waals surface area contributed by atoms with Gasteiger partial charge in [0.15, 0.2) is 5.13 Å². The van der Waals surface area contributed by atoms with Crippen molar-refractivity contribution in [3.63, 3.8) is 0 Å². The maximum atomic E-state index is 13.1. The molecule has 158 valence electrons. The summed E-state index contributed by atoms with van der Waals surface area (Å²) in [5.41, 5.74) is 1.82. The van der Waals surface area contributed by atoms with Crippen LogP contribution in [-0.4, -0.2) is 63.0 Å². The Morgan fingerprint density at radius 2 is 1.97 bits per heavy atom. The van der Waals surface area contributed by atoms with Crippen molar-refractivity contribution in [1.29, 1.82) is 0 Å². The zero-order valence-electron chi connectivity index (χ0n) is 16.8. The molecule has 0 radical (unpaired) electrons. The van der Waals surface area contributed by atoms with Gasteiger partial charge in [0.05, 0.1) is 29.4 Å². The molecule has 1 saturated heterocycles. The molecule has 10 heteroatoms. The van der Waals surface area contributed by atoms with Gasteiger partial charge < -0.3 is 9.64 Å². The zero-order chi connectivity index (χ0) is 21.0. The Kier molecular flexibility index (Phi) is 6.89. The van der Waals surface area contributed by atoms with Crippen LogP contribution in [0.15, 0.2) is 28.5 Å². The van der Waals surface area contributed by atoms with Crippen LogP contribution >= 0.6 is 11.3 Å². The minimum absolute atomic E-state index is 0.110. The van der Waals surface area contributed by atoms with E-state index in [-0.39, 0.29) is 10.8 Å². The van der Waals surface area contributed by atoms with Gasteiger partial charge >= 0.3 is 0 Å². The third-order valence-corrected chi connectivity index (χ3v) is 7.67. The summed E-state index contributed by atoms with van der Waals surface area (Å²) in [6.45, 7) is 8.57. The first kappa shape index (κ1) is 21.7. The van der Waals surface area contributed by atoms with Gasteiger partial charge in [-0.25, -0.2) is 13.4 Å². The highest BCUT2D eigenvalue weighted by molar-refractivity contribution is 7.89. The Morgan fingerprint density at radius 1 is 1.28 bits per heavy atom. The van der Waals surface area contributed by atoms with E-state index < -0.39 is 10.0 Å². The van der Waals surface area contributed by atoms with E-state index in [9.17, 15) is 13.2 Å². The predicted molar refractivity (Wildman–Crippen MR) is 114 cm³/mol. The molecule has 29 heavy (non-hydrogen) atoms. The highest BCUT2D eigenvalue weighted by atomic mass is 32.2. The van der Waals surface area contributed by atoms with Crippen LogP contribution in [0.3, 0.4) is 0 Å². The van der Waals surface area contributed by atoms with Gasteiger partial charge in [-0.05, 0) is 25.1 Å². The van der Waals surface area contributed by atoms with Crippen molar-refractivity contribution in [3.8, 4) is 0 Å². The van der Waals surface area contributed by atoms with E-state index in [0.29, 0.717) is 55.8 Å². The number of sulfonamides is 1. The number of carbonyl (C=O) groups is 1. The van der Waals surface area contributed by atoms with Gasteiger partial charge in [0, 0.05) is 37.2 Å². The third kappa shape index (κ3) is 4.77. The quantitative estimate of drug-likeness (QED) is 0.714. The molecule has 2 heterocycles. The number of amides is 1. The van der Waals surface area contributed by atoms with E-state index in [0.717, 1.165) is 5.69 Å². The number of hydrogen-bond donors (Lipinski definition) is 1. The molecule has 0 saturated carbocycles. The van der Waals surface area contributed by atoms with Crippen LogP contribution in [0.2, 0.25) is 0 Å². The first-order valence-corrected chi connectivity index (χ1v) is 11.9. The summed E-state index contributed by atoms with van der Waals surface area (Å²) < 4.78 is 32.7. The number of hydrogen-bond acceptors (Lipinski definition) is 7. The number of aromatic nitrogens is 1. The van der Waals surface area contributed by atoms with Crippen LogP contribution in [0.25, 0.3) is 0 Å². The summed E-state index contributed by atoms with van der Waals surface area (Å²) in [6, 6.07) is 4.75. The van der Waals surface area contributed by atoms with E-state index in [1.807, 2.05) is 17.2 Å². The number of ether oxygens (including phenoxy) is 1. The van der Waals surface area contributed by atoms with E-state index >= 15 is 0 Å². The van der Waals surface area contributed by atoms with Crippen molar-refractivity contribution in [2.24, 2.45) is 0 Å². The Balaban J connectivity index is 2.02. The Hall–Kier alpha value is -2.01. The molecule has 0 aliphatic carbocycles. The number of carbonyl (C=O) groups excluding carboxylic acids is 1. The van der Waals surface area contributed by atoms with Crippen LogP contribution in [-0.2, 0) is 14.8 Å². The molecule has 1 aromatic heterocycles. The highest BCUT2D eigenvalue weighted by Gasteiger charge is 2.26. The minimum Gasteiger partial charge on any atom is -0.378 e. The lowest BCUT2D eigenvalue weighted by molar-refractivity contribution is 0.102. The normalized spacial score (nSPS) is 15.0. The zero-order valence-corrected chi connectivity index (χ0v) is 18.5. The second kappa shape index (κ2) is 9.21. The lowest BCUT2D eigenvalue weighted by atomic mass is 10.1. The number of morpholine rings is 1. The first-order valence-electron chi connectivity index (χ1n) is 9.57. The van der Waals surface area contributed by atoms with Crippen molar-refractivity contribution < 1.29 is 17.9 Å². The molecule has 0 atom stereocenters. The monoisotopic (exact) mass is 438 g/mol. The molecule has 1 fully saturated rings. The molecule has 0 bridgehead atoms. The van der Waals surface area contributed by atoms with E-state index in [1.54, 1.807) is 26.0 Å². The van der Waals surface area contributed by atoms with Crippen molar-refractivity contribution in [3.05, 3.63) is 34.8 Å². The fourth-order valence-corrected chi connectivity index (χ4v) is 5.39. The fraction of sp³-hybridized carbons (Fsp3) is 0.474. The standard InChI is InChI=1S/C19H26N4O4S2/c1-4-23(5-2)29(25,26)15-6-7-17(22-8-10-27-11-9-22)16(12-15)18(24)21-19-20-14(3)13-28-19/h6-7,12-13H,4-5,8-11H2,1-3H3,(H,20,21,24). The van der Waals surface area contributed by atoms with E-state index in [2.05, 4.69) is 10.3 Å². The van der Waals surface area contributed by atoms with Gasteiger partial charge in [0.25, 0.3) is 5.91 Å². The minimum atomic E-state index is -3.68. The molecule has 8 nitrogen and oxygen atoms in total. The molecular weight excluding hydrogens is 412 g/mol. The van der Waals surface area contributed by atoms with Crippen LogP contribution in [0.5, 0.6) is 0 Å². The van der Waals surface area contributed by atoms with Gasteiger partial charge in [-0.15, -0.1) is 11.3 Å². The van der Waals surface area contributed by atoms with Crippen LogP contribution in [0, 0.1) is 6.92 Å². The molecule has 1 aliphatic rings. The number of nitrogens with one attached hydrogen (secondary N) is 1. The van der Waals surface area contributed by atoms with Crippen LogP contribution in [0.4, 0.5) is 10.8 Å². The average molecular weight is 439 g/mol. The van der Waals surface area contributed by atoms with Crippen LogP contribution < -0.4 is 10.2 Å². The molecule has 0 spiro atoms. The van der Waals surface area contributed by atoms with Gasteiger partial charge in [0.2, 0.25) is 10.0 Å². The summed E-state index contributed by atoms with van der Waals surface area (Å²) in [5, 5.41) is 5.13. The molecule has 1 aromatic carbocycles. The number of aryl methyl sites for hydroxylation is 1. The number of anilines is 2. The molecule has 0 unspecified atom stereocenters. The molecule has 1 amide bonds. The largest absolute Gasteiger partial charge is 0.378 e. The van der Waals surface area contributed by atoms with Gasteiger partial charge in [0.1, 0.15) is 0 Å². The number of rotatable bonds is 7. The highest BCUT2D eigenvalue weighted by Crippen LogP contribution is 2.28. The topological polar surface area (TPSA) is 91.8 Å². The maximum absolute atomic E-state index is 13.1. The van der Waals surface area contributed by atoms with Gasteiger partial charge in [-0.2, -0.15) is 4.31 Å². The summed E-state index contributed by atoms with van der Waals surface area (Å²) >= 11 is 1.33. The lowest BCUT2D eigenvalue weighted by Crippen LogP contribution is -2.37. The van der Waals surface area contributed by atoms with Crippen molar-refractivity contribution in [1.82, 2.24) is 9.29 Å². The van der Waals surface area contributed by atoms with Gasteiger partial charge in [-0.3, -0.25) is 10.1 Å². The van der Waals surface area contributed by atoms with Crippen molar-refractivity contribution >= 4 is 38.1 Å². The Morgan fingerprint density at radius 3 is 2.55 bits per heavy atom. The smallest absolute Gasteiger partial charge is 0.259 e. The first-order chi connectivity index (χ1) is 13.9. The summed E-state index contributed by atoms with van der Waals surface area (Å²) in [7, 11) is -3.68. The third-order valence-electron chi connectivity index (χ3n) is 4.75. The van der Waals surface area contributed by atoms with Crippen LogP contribution in [0.1, 0.15) is 29.9 Å². The molecule has 3 rings (SSSR count). The lowest BCUT2D eigenvalue weighted by Gasteiger charge is -2.30. The molecule has 1 aliphatic heterocycles. The predicted octanol–water partition coefficient (Wildman–Crippen LogP) is 2.57. The SMILES string of the molecule is CCN(CC)S(=O)(=O)c1ccc(N2CCOCC2)c(C(=O)Nc2nc(C)cs2)c1. The Bertz CT molecular complexity index is 964. The van der Waals surface area contributed by atoms with E-state index in [4.69, 9.17) is 4.74 Å². The molecule has 2 aromatic rings. The average Bonchev–Trinajstić information content (AvgIpc) is 3.13. The van der Waals surface area contributed by atoms with Gasteiger partial charge in [-0.1, -0.05) is 13.8 Å². The number of nitrogens with zero attached hydrogens (tertiary/aromatic N) is 3. The fourth-order valence-electron chi connectivity index (χ4n) is 3.23. The second-order valence-electron chi connectivity index (χ2n) is 6.62.